The standard InChI is InChI=1S/C9H10F3NO/c1-6(9(10,11)12)14-8-5-3-2-4-7(8)13/h2-6H,13H2,1H3. The predicted molar refractivity (Wildman–Crippen MR) is 47.0 cm³/mol. The van der Waals surface area contributed by atoms with Crippen LogP contribution in [0.5, 0.6) is 5.75 Å². The molecule has 1 rings (SSSR count). The SMILES string of the molecule is CC(Oc1ccccc1N)C(F)(F)F. The molecular weight excluding hydrogens is 195 g/mol. The summed E-state index contributed by atoms with van der Waals surface area (Å²) in [6.07, 6.45) is -6.23. The van der Waals surface area contributed by atoms with Crippen molar-refractivity contribution in [2.45, 2.75) is 19.2 Å². The average Bonchev–Trinajstić information content (AvgIpc) is 2.07. The molecule has 5 heteroatoms. The van der Waals surface area contributed by atoms with Gasteiger partial charge in [0.1, 0.15) is 5.75 Å². The fraction of sp³-hybridized carbons (Fsp3) is 0.333. The first-order chi connectivity index (χ1) is 6.41. The lowest BCUT2D eigenvalue weighted by Gasteiger charge is -2.18. The maximum Gasteiger partial charge on any atom is 0.425 e. The van der Waals surface area contributed by atoms with Gasteiger partial charge >= 0.3 is 6.18 Å². The van der Waals surface area contributed by atoms with Crippen LogP contribution in [0.25, 0.3) is 0 Å². The van der Waals surface area contributed by atoms with Gasteiger partial charge < -0.3 is 10.5 Å². The van der Waals surface area contributed by atoms with Gasteiger partial charge in [-0.15, -0.1) is 0 Å². The Bertz CT molecular complexity index is 311. The molecular formula is C9H10F3NO. The molecule has 0 aromatic heterocycles. The Kier molecular flexibility index (Phi) is 2.88. The molecule has 0 saturated heterocycles. The molecule has 0 aliphatic heterocycles. The Hall–Kier alpha value is -1.39. The molecule has 2 nitrogen and oxygen atoms in total. The van der Waals surface area contributed by atoms with Crippen LogP contribution in [0, 0.1) is 0 Å². The first kappa shape index (κ1) is 10.7. The number of halogens is 3. The highest BCUT2D eigenvalue weighted by molar-refractivity contribution is 5.51. The van der Waals surface area contributed by atoms with Gasteiger partial charge in [0.15, 0.2) is 6.10 Å². The largest absolute Gasteiger partial charge is 0.479 e. The van der Waals surface area contributed by atoms with Crippen molar-refractivity contribution >= 4 is 5.69 Å². The lowest BCUT2D eigenvalue weighted by Crippen LogP contribution is -2.31. The highest BCUT2D eigenvalue weighted by atomic mass is 19.4. The van der Waals surface area contributed by atoms with E-state index in [1.807, 2.05) is 0 Å². The quantitative estimate of drug-likeness (QED) is 0.753. The highest BCUT2D eigenvalue weighted by Crippen LogP contribution is 2.27. The summed E-state index contributed by atoms with van der Waals surface area (Å²) in [5.74, 6) is 0.0531. The zero-order valence-corrected chi connectivity index (χ0v) is 7.51. The topological polar surface area (TPSA) is 35.2 Å². The van der Waals surface area contributed by atoms with Gasteiger partial charge in [0.05, 0.1) is 5.69 Å². The lowest BCUT2D eigenvalue weighted by molar-refractivity contribution is -0.189. The summed E-state index contributed by atoms with van der Waals surface area (Å²) in [6, 6.07) is 6.07. The molecule has 0 fully saturated rings. The Labute approximate surface area is 79.5 Å². The van der Waals surface area contributed by atoms with Gasteiger partial charge in [0.2, 0.25) is 0 Å². The molecule has 0 aliphatic carbocycles. The van der Waals surface area contributed by atoms with Crippen LogP contribution in [-0.4, -0.2) is 12.3 Å². The fourth-order valence-corrected chi connectivity index (χ4v) is 0.845. The monoisotopic (exact) mass is 205 g/mol. The number of rotatable bonds is 2. The van der Waals surface area contributed by atoms with Crippen molar-refractivity contribution in [1.29, 1.82) is 0 Å². The molecule has 1 atom stereocenters. The molecule has 0 amide bonds. The van der Waals surface area contributed by atoms with Crippen LogP contribution in [0.4, 0.5) is 18.9 Å². The number of alkyl halides is 3. The van der Waals surface area contributed by atoms with E-state index >= 15 is 0 Å². The number of ether oxygens (including phenoxy) is 1. The summed E-state index contributed by atoms with van der Waals surface area (Å²) in [5.41, 5.74) is 5.62. The van der Waals surface area contributed by atoms with Crippen LogP contribution in [-0.2, 0) is 0 Å². The van der Waals surface area contributed by atoms with Gasteiger partial charge in [-0.2, -0.15) is 13.2 Å². The lowest BCUT2D eigenvalue weighted by atomic mass is 10.3. The van der Waals surface area contributed by atoms with Crippen molar-refractivity contribution in [1.82, 2.24) is 0 Å². The summed E-state index contributed by atoms with van der Waals surface area (Å²) < 4.78 is 41.0. The third-order valence-electron chi connectivity index (χ3n) is 1.68. The minimum Gasteiger partial charge on any atom is -0.479 e. The molecule has 1 aromatic carbocycles. The highest BCUT2D eigenvalue weighted by Gasteiger charge is 2.38. The van der Waals surface area contributed by atoms with Gasteiger partial charge in [0, 0.05) is 0 Å². The third-order valence-corrected chi connectivity index (χ3v) is 1.68. The fourth-order valence-electron chi connectivity index (χ4n) is 0.845. The van der Waals surface area contributed by atoms with Crippen LogP contribution in [0.1, 0.15) is 6.92 Å². The van der Waals surface area contributed by atoms with Crippen molar-refractivity contribution in [3.8, 4) is 5.75 Å². The summed E-state index contributed by atoms with van der Waals surface area (Å²) in [7, 11) is 0. The maximum absolute atomic E-state index is 12.1. The first-order valence-electron chi connectivity index (χ1n) is 3.99. The number of para-hydroxylation sites is 2. The number of hydrogen-bond acceptors (Lipinski definition) is 2. The second-order valence-corrected chi connectivity index (χ2v) is 2.84. The second kappa shape index (κ2) is 3.77. The van der Waals surface area contributed by atoms with Crippen molar-refractivity contribution < 1.29 is 17.9 Å². The Morgan fingerprint density at radius 3 is 2.36 bits per heavy atom. The maximum atomic E-state index is 12.1. The third kappa shape index (κ3) is 2.55. The van der Waals surface area contributed by atoms with Gasteiger partial charge in [-0.3, -0.25) is 0 Å². The van der Waals surface area contributed by atoms with E-state index in [9.17, 15) is 13.2 Å². The molecule has 14 heavy (non-hydrogen) atoms. The van der Waals surface area contributed by atoms with Crippen LogP contribution < -0.4 is 10.5 Å². The summed E-state index contributed by atoms with van der Waals surface area (Å²) in [5, 5.41) is 0. The van der Waals surface area contributed by atoms with E-state index < -0.39 is 12.3 Å². The molecule has 0 bridgehead atoms. The molecule has 78 valence electrons. The van der Waals surface area contributed by atoms with E-state index in [1.165, 1.54) is 12.1 Å². The summed E-state index contributed by atoms with van der Waals surface area (Å²) >= 11 is 0. The van der Waals surface area contributed by atoms with Crippen LogP contribution in [0.3, 0.4) is 0 Å². The summed E-state index contributed by atoms with van der Waals surface area (Å²) in [4.78, 5) is 0. The van der Waals surface area contributed by atoms with Crippen LogP contribution >= 0.6 is 0 Å². The number of anilines is 1. The zero-order chi connectivity index (χ0) is 10.8. The number of nitrogens with two attached hydrogens (primary N) is 1. The van der Waals surface area contributed by atoms with Crippen molar-refractivity contribution in [2.24, 2.45) is 0 Å². The minimum absolute atomic E-state index is 0.0531. The Morgan fingerprint density at radius 2 is 1.86 bits per heavy atom. The van der Waals surface area contributed by atoms with Gasteiger partial charge in [-0.05, 0) is 19.1 Å². The number of nitrogen functional groups attached to an aromatic ring is 1. The molecule has 0 saturated carbocycles. The first-order valence-corrected chi connectivity index (χ1v) is 3.99. The van der Waals surface area contributed by atoms with Crippen molar-refractivity contribution in [2.75, 3.05) is 5.73 Å². The molecule has 0 heterocycles. The zero-order valence-electron chi connectivity index (χ0n) is 7.51. The molecule has 2 N–H and O–H groups in total. The molecule has 0 radical (unpaired) electrons. The van der Waals surface area contributed by atoms with Crippen LogP contribution in [0.2, 0.25) is 0 Å². The summed E-state index contributed by atoms with van der Waals surface area (Å²) in [6.45, 7) is 0.937. The predicted octanol–water partition coefficient (Wildman–Crippen LogP) is 2.60. The van der Waals surface area contributed by atoms with E-state index in [2.05, 4.69) is 4.74 Å². The molecule has 0 aliphatic rings. The van der Waals surface area contributed by atoms with Gasteiger partial charge in [-0.1, -0.05) is 12.1 Å². The second-order valence-electron chi connectivity index (χ2n) is 2.84. The Morgan fingerprint density at radius 1 is 1.29 bits per heavy atom. The number of benzene rings is 1. The van der Waals surface area contributed by atoms with Gasteiger partial charge in [-0.25, -0.2) is 0 Å². The van der Waals surface area contributed by atoms with E-state index in [-0.39, 0.29) is 11.4 Å². The minimum atomic E-state index is -4.37. The van der Waals surface area contributed by atoms with Crippen molar-refractivity contribution in [3.63, 3.8) is 0 Å². The van der Waals surface area contributed by atoms with E-state index in [0.717, 1.165) is 6.92 Å². The van der Waals surface area contributed by atoms with E-state index in [4.69, 9.17) is 5.73 Å². The van der Waals surface area contributed by atoms with Gasteiger partial charge in [0.25, 0.3) is 0 Å². The smallest absolute Gasteiger partial charge is 0.425 e. The molecule has 0 spiro atoms. The number of hydrogen-bond donors (Lipinski definition) is 1. The molecule has 1 unspecified atom stereocenters. The normalized spacial score (nSPS) is 13.7. The average molecular weight is 205 g/mol. The van der Waals surface area contributed by atoms with Crippen LogP contribution in [0.15, 0.2) is 24.3 Å². The van der Waals surface area contributed by atoms with E-state index in [1.54, 1.807) is 12.1 Å². The van der Waals surface area contributed by atoms with Crippen molar-refractivity contribution in [3.05, 3.63) is 24.3 Å². The molecule has 1 aromatic rings. The Balaban J connectivity index is 2.75. The van der Waals surface area contributed by atoms with E-state index in [0.29, 0.717) is 0 Å².